The molecule has 106 valence electrons. The molecular formula is C13H15ClN4O2. The van der Waals surface area contributed by atoms with E-state index in [0.29, 0.717) is 18.2 Å². The number of amides is 1. The van der Waals surface area contributed by atoms with Crippen LogP contribution in [0, 0.1) is 0 Å². The van der Waals surface area contributed by atoms with E-state index in [9.17, 15) is 4.79 Å². The molecule has 6 nitrogen and oxygen atoms in total. The summed E-state index contributed by atoms with van der Waals surface area (Å²) >= 11 is 5.92. The summed E-state index contributed by atoms with van der Waals surface area (Å²) in [6.45, 7) is 0.913. The van der Waals surface area contributed by atoms with Gasteiger partial charge in [0, 0.05) is 12.1 Å². The second-order valence-electron chi connectivity index (χ2n) is 4.19. The Kier molecular flexibility index (Phi) is 5.09. The number of benzene rings is 1. The number of rotatable bonds is 6. The second kappa shape index (κ2) is 7.02. The van der Waals surface area contributed by atoms with Crippen molar-refractivity contribution in [1.29, 1.82) is 0 Å². The van der Waals surface area contributed by atoms with Gasteiger partial charge in [0.1, 0.15) is 6.33 Å². The Morgan fingerprint density at radius 1 is 1.50 bits per heavy atom. The van der Waals surface area contributed by atoms with Gasteiger partial charge in [-0.2, -0.15) is 0 Å². The maximum atomic E-state index is 11.5. The van der Waals surface area contributed by atoms with E-state index < -0.39 is 0 Å². The quantitative estimate of drug-likeness (QED) is 0.884. The topological polar surface area (TPSA) is 69.0 Å². The average Bonchev–Trinajstić information content (AvgIpc) is 2.83. The van der Waals surface area contributed by atoms with Gasteiger partial charge in [0.2, 0.25) is 11.9 Å². The highest BCUT2D eigenvalue weighted by atomic mass is 35.5. The van der Waals surface area contributed by atoms with Crippen LogP contribution >= 0.6 is 11.6 Å². The monoisotopic (exact) mass is 294 g/mol. The van der Waals surface area contributed by atoms with Gasteiger partial charge in [-0.3, -0.25) is 10.1 Å². The number of hydrogen-bond acceptors (Lipinski definition) is 4. The molecule has 1 aromatic carbocycles. The molecule has 0 aliphatic heterocycles. The third kappa shape index (κ3) is 4.32. The largest absolute Gasteiger partial charge is 0.384 e. The molecule has 0 aliphatic rings. The van der Waals surface area contributed by atoms with Crippen LogP contribution in [0.15, 0.2) is 30.6 Å². The fourth-order valence-corrected chi connectivity index (χ4v) is 1.85. The van der Waals surface area contributed by atoms with Gasteiger partial charge in [-0.25, -0.2) is 9.67 Å². The number of carbonyl (C=O) groups is 1. The van der Waals surface area contributed by atoms with Gasteiger partial charge in [0.15, 0.2) is 0 Å². The molecule has 0 aliphatic carbocycles. The molecule has 0 fully saturated rings. The minimum absolute atomic E-state index is 0.174. The normalized spacial score (nSPS) is 10.5. The van der Waals surface area contributed by atoms with Gasteiger partial charge in [-0.15, -0.1) is 5.10 Å². The van der Waals surface area contributed by atoms with Crippen LogP contribution < -0.4 is 5.32 Å². The van der Waals surface area contributed by atoms with E-state index in [2.05, 4.69) is 15.4 Å². The first-order chi connectivity index (χ1) is 9.67. The zero-order valence-electron chi connectivity index (χ0n) is 11.0. The molecule has 0 bridgehead atoms. The summed E-state index contributed by atoms with van der Waals surface area (Å²) in [7, 11) is 1.55. The van der Waals surface area contributed by atoms with Crippen LogP contribution in [0.5, 0.6) is 0 Å². The Balaban J connectivity index is 1.93. The Bertz CT molecular complexity index is 585. The van der Waals surface area contributed by atoms with Crippen molar-refractivity contribution in [2.24, 2.45) is 0 Å². The third-order valence-electron chi connectivity index (χ3n) is 2.55. The molecule has 0 atom stereocenters. The van der Waals surface area contributed by atoms with Gasteiger partial charge in [0.25, 0.3) is 0 Å². The summed E-state index contributed by atoms with van der Waals surface area (Å²) in [6.07, 6.45) is 1.84. The maximum Gasteiger partial charge on any atom is 0.248 e. The van der Waals surface area contributed by atoms with Crippen LogP contribution in [0.1, 0.15) is 12.0 Å². The first-order valence-corrected chi connectivity index (χ1v) is 6.48. The van der Waals surface area contributed by atoms with Crippen LogP contribution in [0.25, 0.3) is 0 Å². The molecule has 0 spiro atoms. The van der Waals surface area contributed by atoms with Crippen molar-refractivity contribution in [2.45, 2.75) is 13.0 Å². The first-order valence-electron chi connectivity index (χ1n) is 6.10. The van der Waals surface area contributed by atoms with Crippen molar-refractivity contribution in [3.05, 3.63) is 41.2 Å². The van der Waals surface area contributed by atoms with Crippen molar-refractivity contribution in [3.63, 3.8) is 0 Å². The van der Waals surface area contributed by atoms with Crippen LogP contribution in [0.3, 0.4) is 0 Å². The lowest BCUT2D eigenvalue weighted by Gasteiger charge is -2.02. The molecule has 20 heavy (non-hydrogen) atoms. The fraction of sp³-hybridized carbons (Fsp3) is 0.308. The molecule has 2 rings (SSSR count). The Morgan fingerprint density at radius 2 is 2.35 bits per heavy atom. The maximum absolute atomic E-state index is 11.5. The molecule has 0 saturated carbocycles. The Hall–Kier alpha value is -1.92. The van der Waals surface area contributed by atoms with Crippen molar-refractivity contribution in [2.75, 3.05) is 19.0 Å². The standard InChI is InChI=1S/C13H15ClN4O2/c1-20-6-5-12(19)16-13-15-9-18(17-13)8-10-3-2-4-11(14)7-10/h2-4,7,9H,5-6,8H2,1H3,(H,16,17,19). The van der Waals surface area contributed by atoms with Gasteiger partial charge in [0.05, 0.1) is 19.6 Å². The van der Waals surface area contributed by atoms with Crippen LogP contribution in [-0.2, 0) is 16.1 Å². The minimum Gasteiger partial charge on any atom is -0.384 e. The minimum atomic E-state index is -0.174. The SMILES string of the molecule is COCCC(=O)Nc1ncn(Cc2cccc(Cl)c2)n1. The summed E-state index contributed by atoms with van der Waals surface area (Å²) < 4.78 is 6.46. The Labute approximate surface area is 121 Å². The van der Waals surface area contributed by atoms with Gasteiger partial charge >= 0.3 is 0 Å². The summed E-state index contributed by atoms with van der Waals surface area (Å²) in [5.74, 6) is 0.112. The van der Waals surface area contributed by atoms with Gasteiger partial charge in [-0.05, 0) is 17.7 Å². The number of ether oxygens (including phenoxy) is 1. The summed E-state index contributed by atoms with van der Waals surface area (Å²) in [5, 5.41) is 7.46. The van der Waals surface area contributed by atoms with Crippen LogP contribution in [-0.4, -0.2) is 34.4 Å². The molecule has 0 saturated heterocycles. The number of methoxy groups -OCH3 is 1. The Morgan fingerprint density at radius 3 is 3.10 bits per heavy atom. The number of carbonyl (C=O) groups excluding carboxylic acids is 1. The first kappa shape index (κ1) is 14.5. The number of halogens is 1. The van der Waals surface area contributed by atoms with E-state index >= 15 is 0 Å². The summed E-state index contributed by atoms with van der Waals surface area (Å²) in [5.41, 5.74) is 1.01. The highest BCUT2D eigenvalue weighted by Gasteiger charge is 2.06. The molecule has 1 amide bonds. The molecule has 0 unspecified atom stereocenters. The van der Waals surface area contributed by atoms with E-state index in [0.717, 1.165) is 5.56 Å². The van der Waals surface area contributed by atoms with Gasteiger partial charge in [-0.1, -0.05) is 23.7 Å². The highest BCUT2D eigenvalue weighted by molar-refractivity contribution is 6.30. The second-order valence-corrected chi connectivity index (χ2v) is 4.62. The van der Waals surface area contributed by atoms with E-state index in [1.54, 1.807) is 18.1 Å². The van der Waals surface area contributed by atoms with E-state index in [1.165, 1.54) is 0 Å². The average molecular weight is 295 g/mol. The van der Waals surface area contributed by atoms with Crippen molar-refractivity contribution < 1.29 is 9.53 Å². The van der Waals surface area contributed by atoms with Gasteiger partial charge < -0.3 is 4.74 Å². The molecule has 0 radical (unpaired) electrons. The number of hydrogen-bond donors (Lipinski definition) is 1. The molecular weight excluding hydrogens is 280 g/mol. The predicted molar refractivity (Wildman–Crippen MR) is 75.7 cm³/mol. The number of anilines is 1. The van der Waals surface area contributed by atoms with E-state index in [4.69, 9.17) is 16.3 Å². The van der Waals surface area contributed by atoms with Crippen LogP contribution in [0.4, 0.5) is 5.95 Å². The molecule has 1 N–H and O–H groups in total. The van der Waals surface area contributed by atoms with Crippen molar-refractivity contribution in [1.82, 2.24) is 14.8 Å². The summed E-state index contributed by atoms with van der Waals surface area (Å²) in [4.78, 5) is 15.5. The smallest absolute Gasteiger partial charge is 0.248 e. The lowest BCUT2D eigenvalue weighted by atomic mass is 10.2. The molecule has 1 heterocycles. The van der Waals surface area contributed by atoms with E-state index in [1.807, 2.05) is 24.3 Å². The molecule has 1 aromatic heterocycles. The van der Waals surface area contributed by atoms with Crippen molar-refractivity contribution in [3.8, 4) is 0 Å². The zero-order chi connectivity index (χ0) is 14.4. The molecule has 7 heteroatoms. The third-order valence-corrected chi connectivity index (χ3v) is 2.79. The summed E-state index contributed by atoms with van der Waals surface area (Å²) in [6, 6.07) is 7.50. The lowest BCUT2D eigenvalue weighted by molar-refractivity contribution is -0.117. The number of nitrogens with zero attached hydrogens (tertiary/aromatic N) is 3. The molecule has 2 aromatic rings. The lowest BCUT2D eigenvalue weighted by Crippen LogP contribution is -2.15. The zero-order valence-corrected chi connectivity index (χ0v) is 11.8. The highest BCUT2D eigenvalue weighted by Crippen LogP contribution is 2.11. The number of aromatic nitrogens is 3. The predicted octanol–water partition coefficient (Wildman–Crippen LogP) is 1.95. The number of nitrogens with one attached hydrogen (secondary N) is 1. The van der Waals surface area contributed by atoms with Crippen molar-refractivity contribution >= 4 is 23.5 Å². The van der Waals surface area contributed by atoms with E-state index in [-0.39, 0.29) is 18.3 Å². The fourth-order valence-electron chi connectivity index (χ4n) is 1.63. The van der Waals surface area contributed by atoms with Crippen LogP contribution in [0.2, 0.25) is 5.02 Å².